The van der Waals surface area contributed by atoms with Crippen LogP contribution in [0.2, 0.25) is 0 Å². The van der Waals surface area contributed by atoms with Gasteiger partial charge in [0.1, 0.15) is 12.2 Å². The Morgan fingerprint density at radius 3 is 2.14 bits per heavy atom. The molecule has 10 nitrogen and oxygen atoms in total. The Bertz CT molecular complexity index is 649. The number of esters is 3. The molecule has 1 rings (SSSR count). The number of ether oxygens (including phenoxy) is 4. The highest BCUT2D eigenvalue weighted by atomic mass is 19.2. The number of carbonyl (C=O) groups is 4. The van der Waals surface area contributed by atoms with Crippen molar-refractivity contribution >= 4 is 23.8 Å². The topological polar surface area (TPSA) is 143 Å². The van der Waals surface area contributed by atoms with E-state index >= 15 is 4.39 Å². The summed E-state index contributed by atoms with van der Waals surface area (Å²) in [6.45, 7) is 4.79. The smallest absolute Gasteiger partial charge is 0.375 e. The highest BCUT2D eigenvalue weighted by molar-refractivity contribution is 5.79. The monoisotopic (exact) mass is 424 g/mol. The van der Waals surface area contributed by atoms with Crippen LogP contribution in [-0.2, 0) is 38.1 Å². The summed E-state index contributed by atoms with van der Waals surface area (Å²) in [5.74, 6) is -7.61. The Labute approximate surface area is 166 Å². The standard InChI is InChI=1S/C17H26F2N2O8/c1-6-10(27-8(3)23)13(28-9(4)24)14-12(21-7(2)22)11(20)15(18)17(19,29-14)16(25)26-5/h10-15H,6,20H2,1-5H3,(H,21,22). The third kappa shape index (κ3) is 5.60. The summed E-state index contributed by atoms with van der Waals surface area (Å²) in [7, 11) is 0.817. The van der Waals surface area contributed by atoms with Crippen molar-refractivity contribution in [1.29, 1.82) is 0 Å². The van der Waals surface area contributed by atoms with E-state index in [2.05, 4.69) is 10.1 Å². The number of nitrogens with two attached hydrogens (primary N) is 1. The second-order valence-corrected chi connectivity index (χ2v) is 6.55. The SMILES string of the molecule is CCC(OC(C)=O)C(OC(C)=O)C1OC(F)(C(=O)OC)C(F)C(N)C1NC(C)=O. The summed E-state index contributed by atoms with van der Waals surface area (Å²) < 4.78 is 49.5. The molecule has 1 fully saturated rings. The van der Waals surface area contributed by atoms with Gasteiger partial charge in [-0.05, 0) is 6.42 Å². The third-order valence-corrected chi connectivity index (χ3v) is 4.31. The number of alkyl halides is 2. The molecule has 0 aromatic heterocycles. The van der Waals surface area contributed by atoms with Crippen LogP contribution in [0.1, 0.15) is 34.1 Å². The van der Waals surface area contributed by atoms with Crippen molar-refractivity contribution in [3.8, 4) is 0 Å². The average Bonchev–Trinajstić information content (AvgIpc) is 2.63. The van der Waals surface area contributed by atoms with E-state index in [1.165, 1.54) is 0 Å². The molecule has 1 saturated heterocycles. The summed E-state index contributed by atoms with van der Waals surface area (Å²) in [6.07, 6.45) is -7.00. The molecule has 0 saturated carbocycles. The molecule has 29 heavy (non-hydrogen) atoms. The molecule has 0 aliphatic carbocycles. The summed E-state index contributed by atoms with van der Waals surface area (Å²) >= 11 is 0. The molecule has 7 atom stereocenters. The Morgan fingerprint density at radius 1 is 1.17 bits per heavy atom. The van der Waals surface area contributed by atoms with Crippen LogP contribution in [-0.4, -0.2) is 73.3 Å². The van der Waals surface area contributed by atoms with Gasteiger partial charge in [-0.2, -0.15) is 4.39 Å². The van der Waals surface area contributed by atoms with E-state index in [1.54, 1.807) is 6.92 Å². The summed E-state index contributed by atoms with van der Waals surface area (Å²) in [4.78, 5) is 46.6. The van der Waals surface area contributed by atoms with Gasteiger partial charge in [-0.1, -0.05) is 6.92 Å². The van der Waals surface area contributed by atoms with E-state index in [1.807, 2.05) is 0 Å². The second kappa shape index (κ2) is 9.92. The molecule has 0 aromatic rings. The number of methoxy groups -OCH3 is 1. The molecule has 7 unspecified atom stereocenters. The van der Waals surface area contributed by atoms with Crippen LogP contribution in [0, 0.1) is 0 Å². The number of hydrogen-bond donors (Lipinski definition) is 2. The first-order valence-electron chi connectivity index (χ1n) is 8.85. The molecule has 0 radical (unpaired) electrons. The van der Waals surface area contributed by atoms with Crippen molar-refractivity contribution in [2.24, 2.45) is 5.73 Å². The van der Waals surface area contributed by atoms with Crippen LogP contribution < -0.4 is 11.1 Å². The van der Waals surface area contributed by atoms with E-state index in [9.17, 15) is 23.6 Å². The number of halogens is 2. The molecule has 0 aromatic carbocycles. The van der Waals surface area contributed by atoms with Crippen LogP contribution in [0.4, 0.5) is 8.78 Å². The molecule has 1 aliphatic heterocycles. The predicted molar refractivity (Wildman–Crippen MR) is 92.6 cm³/mol. The summed E-state index contributed by atoms with van der Waals surface area (Å²) in [5, 5.41) is 2.31. The summed E-state index contributed by atoms with van der Waals surface area (Å²) in [6, 6.07) is -3.21. The van der Waals surface area contributed by atoms with Crippen LogP contribution in [0.15, 0.2) is 0 Å². The van der Waals surface area contributed by atoms with Gasteiger partial charge < -0.3 is 30.0 Å². The lowest BCUT2D eigenvalue weighted by molar-refractivity contribution is -0.279. The summed E-state index contributed by atoms with van der Waals surface area (Å²) in [5.41, 5.74) is 5.78. The number of nitrogens with one attached hydrogen (secondary N) is 1. The van der Waals surface area contributed by atoms with Crippen LogP contribution in [0.3, 0.4) is 0 Å². The first kappa shape index (κ1) is 24.7. The van der Waals surface area contributed by atoms with E-state index in [0.29, 0.717) is 0 Å². The number of amides is 1. The van der Waals surface area contributed by atoms with Gasteiger partial charge in [-0.25, -0.2) is 9.18 Å². The van der Waals surface area contributed by atoms with E-state index < -0.39 is 66.2 Å². The molecule has 0 spiro atoms. The van der Waals surface area contributed by atoms with Crippen molar-refractivity contribution < 1.29 is 46.9 Å². The van der Waals surface area contributed by atoms with Gasteiger partial charge >= 0.3 is 23.8 Å². The molecule has 1 aliphatic rings. The Hall–Kier alpha value is -2.34. The molecule has 1 amide bonds. The van der Waals surface area contributed by atoms with Gasteiger partial charge in [0.2, 0.25) is 5.91 Å². The molecule has 12 heteroatoms. The number of carbonyl (C=O) groups excluding carboxylic acids is 4. The van der Waals surface area contributed by atoms with Gasteiger partial charge in [0.05, 0.1) is 19.2 Å². The first-order valence-corrected chi connectivity index (χ1v) is 8.85. The lowest BCUT2D eigenvalue weighted by atomic mass is 9.86. The van der Waals surface area contributed by atoms with Crippen molar-refractivity contribution in [2.75, 3.05) is 7.11 Å². The van der Waals surface area contributed by atoms with E-state index in [4.69, 9.17) is 19.9 Å². The van der Waals surface area contributed by atoms with E-state index in [-0.39, 0.29) is 6.42 Å². The predicted octanol–water partition coefficient (Wildman–Crippen LogP) is -0.332. The number of rotatable bonds is 7. The molecule has 166 valence electrons. The fourth-order valence-corrected chi connectivity index (χ4v) is 3.11. The maximum Gasteiger partial charge on any atom is 0.375 e. The maximum atomic E-state index is 15.2. The van der Waals surface area contributed by atoms with Crippen LogP contribution in [0.25, 0.3) is 0 Å². The fraction of sp³-hybridized carbons (Fsp3) is 0.765. The Morgan fingerprint density at radius 2 is 1.72 bits per heavy atom. The van der Waals surface area contributed by atoms with Crippen molar-refractivity contribution in [3.63, 3.8) is 0 Å². The highest BCUT2D eigenvalue weighted by Gasteiger charge is 2.63. The van der Waals surface area contributed by atoms with Gasteiger partial charge in [0, 0.05) is 20.8 Å². The number of hydrogen-bond acceptors (Lipinski definition) is 9. The molecule has 3 N–H and O–H groups in total. The van der Waals surface area contributed by atoms with Gasteiger partial charge in [-0.15, -0.1) is 0 Å². The minimum atomic E-state index is -3.64. The lowest BCUT2D eigenvalue weighted by Crippen LogP contribution is -2.73. The zero-order chi connectivity index (χ0) is 22.5. The Kier molecular flexibility index (Phi) is 8.45. The third-order valence-electron chi connectivity index (χ3n) is 4.31. The largest absolute Gasteiger partial charge is 0.465 e. The van der Waals surface area contributed by atoms with Gasteiger partial charge in [-0.3, -0.25) is 14.4 Å². The zero-order valence-corrected chi connectivity index (χ0v) is 16.8. The quantitative estimate of drug-likeness (QED) is 0.415. The van der Waals surface area contributed by atoms with Crippen LogP contribution in [0.5, 0.6) is 0 Å². The minimum absolute atomic E-state index is 0.0793. The van der Waals surface area contributed by atoms with Crippen LogP contribution >= 0.6 is 0 Å². The molecule has 0 bridgehead atoms. The normalized spacial score (nSPS) is 31.2. The lowest BCUT2D eigenvalue weighted by Gasteiger charge is -2.47. The van der Waals surface area contributed by atoms with Gasteiger partial charge in [0.15, 0.2) is 12.3 Å². The Balaban J connectivity index is 3.50. The maximum absolute atomic E-state index is 15.2. The second-order valence-electron chi connectivity index (χ2n) is 6.55. The molecular formula is C17H26F2N2O8. The first-order chi connectivity index (χ1) is 13.4. The van der Waals surface area contributed by atoms with Crippen molar-refractivity contribution in [3.05, 3.63) is 0 Å². The molecule has 1 heterocycles. The fourth-order valence-electron chi connectivity index (χ4n) is 3.11. The average molecular weight is 424 g/mol. The highest BCUT2D eigenvalue weighted by Crippen LogP contribution is 2.37. The zero-order valence-electron chi connectivity index (χ0n) is 16.8. The van der Waals surface area contributed by atoms with Crippen molar-refractivity contribution in [2.45, 2.75) is 76.5 Å². The van der Waals surface area contributed by atoms with Gasteiger partial charge in [0.25, 0.3) is 0 Å². The molecular weight excluding hydrogens is 398 g/mol. The minimum Gasteiger partial charge on any atom is -0.465 e. The van der Waals surface area contributed by atoms with E-state index in [0.717, 1.165) is 27.9 Å². The van der Waals surface area contributed by atoms with Crippen molar-refractivity contribution in [1.82, 2.24) is 5.32 Å².